The molecule has 8 heteroatoms. The molecule has 1 N–H and O–H groups in total. The average Bonchev–Trinajstić information content (AvgIpc) is 2.53. The second-order valence-corrected chi connectivity index (χ2v) is 5.11. The number of fused-ring (bicyclic) bond motifs is 1. The first-order valence-corrected chi connectivity index (χ1v) is 6.87. The quantitative estimate of drug-likeness (QED) is 0.623. The number of ether oxygens (including phenoxy) is 3. The fraction of sp³-hybridized carbons (Fsp3) is 0.400. The minimum atomic E-state index is -0.978. The maximum absolute atomic E-state index is 12.2. The molecule has 0 saturated carbocycles. The lowest BCUT2D eigenvalue weighted by molar-refractivity contribution is -0.384. The Morgan fingerprint density at radius 1 is 1.35 bits per heavy atom. The Kier molecular flexibility index (Phi) is 4.97. The van der Waals surface area contributed by atoms with Crippen LogP contribution in [-0.4, -0.2) is 50.9 Å². The van der Waals surface area contributed by atoms with E-state index >= 15 is 0 Å². The van der Waals surface area contributed by atoms with Crippen LogP contribution in [0.15, 0.2) is 24.3 Å². The maximum Gasteiger partial charge on any atom is 0.270 e. The summed E-state index contributed by atoms with van der Waals surface area (Å²) in [6.07, 6.45) is 1.59. The van der Waals surface area contributed by atoms with Gasteiger partial charge in [0, 0.05) is 39.0 Å². The zero-order valence-electron chi connectivity index (χ0n) is 13.1. The van der Waals surface area contributed by atoms with Gasteiger partial charge >= 0.3 is 0 Å². The van der Waals surface area contributed by atoms with Gasteiger partial charge in [-0.1, -0.05) is 0 Å². The van der Waals surface area contributed by atoms with Crippen molar-refractivity contribution in [2.75, 3.05) is 34.5 Å². The first-order valence-electron chi connectivity index (χ1n) is 6.87. The molecule has 0 unspecified atom stereocenters. The predicted octanol–water partition coefficient (Wildman–Crippen LogP) is 1.15. The number of carbonyl (C=O) groups excluding carboxylic acids is 1. The van der Waals surface area contributed by atoms with E-state index in [9.17, 15) is 14.9 Å². The van der Waals surface area contributed by atoms with Crippen LogP contribution in [0.25, 0.3) is 5.57 Å². The summed E-state index contributed by atoms with van der Waals surface area (Å²) in [5, 5.41) is 13.5. The zero-order chi connectivity index (χ0) is 17.0. The van der Waals surface area contributed by atoms with Crippen LogP contribution in [0.2, 0.25) is 0 Å². The van der Waals surface area contributed by atoms with E-state index < -0.39 is 10.5 Å². The first kappa shape index (κ1) is 16.9. The van der Waals surface area contributed by atoms with Crippen LogP contribution < -0.4 is 10.1 Å². The molecule has 1 heterocycles. The van der Waals surface area contributed by atoms with Crippen molar-refractivity contribution >= 4 is 17.2 Å². The Bertz CT molecular complexity index is 649. The van der Waals surface area contributed by atoms with Crippen LogP contribution in [0, 0.1) is 10.1 Å². The van der Waals surface area contributed by atoms with E-state index in [2.05, 4.69) is 5.32 Å². The van der Waals surface area contributed by atoms with E-state index in [4.69, 9.17) is 14.2 Å². The largest absolute Gasteiger partial charge is 0.478 e. The second kappa shape index (κ2) is 6.76. The second-order valence-electron chi connectivity index (χ2n) is 5.11. The summed E-state index contributed by atoms with van der Waals surface area (Å²) < 4.78 is 16.3. The highest BCUT2D eigenvalue weighted by atomic mass is 16.6. The number of non-ortho nitro benzene ring substituents is 1. The highest BCUT2D eigenvalue weighted by molar-refractivity contribution is 6.20. The monoisotopic (exact) mass is 322 g/mol. The van der Waals surface area contributed by atoms with Crippen LogP contribution in [0.1, 0.15) is 5.56 Å². The molecule has 0 saturated heterocycles. The van der Waals surface area contributed by atoms with Crippen LogP contribution in [0.5, 0.6) is 5.75 Å². The number of likely N-dealkylation sites (N-methyl/N-ethyl adjacent to an activating group) is 1. The van der Waals surface area contributed by atoms with Crippen molar-refractivity contribution in [1.29, 1.82) is 0 Å². The van der Waals surface area contributed by atoms with Crippen molar-refractivity contribution in [2.45, 2.75) is 5.60 Å². The van der Waals surface area contributed by atoms with Crippen molar-refractivity contribution in [3.8, 4) is 5.75 Å². The van der Waals surface area contributed by atoms with E-state index in [0.29, 0.717) is 11.3 Å². The minimum Gasteiger partial charge on any atom is -0.478 e. The molecule has 0 radical (unpaired) electrons. The zero-order valence-corrected chi connectivity index (χ0v) is 13.1. The third-order valence-corrected chi connectivity index (χ3v) is 3.43. The summed E-state index contributed by atoms with van der Waals surface area (Å²) in [5.41, 5.74) is -0.449. The number of nitro benzene ring substituents is 1. The fourth-order valence-corrected chi connectivity index (χ4v) is 2.52. The molecule has 0 atom stereocenters. The number of nitrogens with one attached hydrogen (secondary N) is 1. The number of hydrogen-bond acceptors (Lipinski definition) is 6. The summed E-state index contributed by atoms with van der Waals surface area (Å²) in [6.45, 7) is 0.329. The number of nitrogens with zero attached hydrogens (tertiary/aromatic N) is 1. The molecule has 124 valence electrons. The fourth-order valence-electron chi connectivity index (χ4n) is 2.52. The van der Waals surface area contributed by atoms with Gasteiger partial charge in [0.1, 0.15) is 5.75 Å². The van der Waals surface area contributed by atoms with Gasteiger partial charge in [0.25, 0.3) is 11.6 Å². The third-order valence-electron chi connectivity index (χ3n) is 3.43. The van der Waals surface area contributed by atoms with Crippen LogP contribution >= 0.6 is 0 Å². The molecule has 0 bridgehead atoms. The van der Waals surface area contributed by atoms with Gasteiger partial charge in [-0.3, -0.25) is 14.9 Å². The number of carbonyl (C=O) groups is 1. The first-order chi connectivity index (χ1) is 11.0. The van der Waals surface area contributed by atoms with E-state index in [0.717, 1.165) is 0 Å². The number of nitro groups is 1. The minimum absolute atomic E-state index is 0.117. The van der Waals surface area contributed by atoms with E-state index in [1.165, 1.54) is 39.5 Å². The number of methoxy groups -OCH3 is 2. The van der Waals surface area contributed by atoms with Gasteiger partial charge < -0.3 is 19.5 Å². The molecule has 8 nitrogen and oxygen atoms in total. The molecule has 1 aromatic carbocycles. The molecule has 0 aromatic heterocycles. The summed E-state index contributed by atoms with van der Waals surface area (Å²) >= 11 is 0. The van der Waals surface area contributed by atoms with Gasteiger partial charge in [-0.05, 0) is 12.1 Å². The van der Waals surface area contributed by atoms with E-state index in [-0.39, 0.29) is 30.4 Å². The Morgan fingerprint density at radius 3 is 2.52 bits per heavy atom. The maximum atomic E-state index is 12.2. The molecule has 1 aliphatic heterocycles. The Labute approximate surface area is 133 Å². The standard InChI is InChI=1S/C15H18N2O6/c1-16-14(18)12-7-15(8-21-2,9-22-3)23-13-5-4-10(17(19)20)6-11(12)13/h4-7H,8-9H2,1-3H3,(H,16,18). The molecular weight excluding hydrogens is 304 g/mol. The molecule has 1 aliphatic rings. The van der Waals surface area contributed by atoms with Gasteiger partial charge in [0.2, 0.25) is 0 Å². The lowest BCUT2D eigenvalue weighted by atomic mass is 9.92. The van der Waals surface area contributed by atoms with E-state index in [1.807, 2.05) is 0 Å². The summed E-state index contributed by atoms with van der Waals surface area (Å²) in [4.78, 5) is 22.7. The highest BCUT2D eigenvalue weighted by Gasteiger charge is 2.38. The molecule has 0 spiro atoms. The summed E-state index contributed by atoms with van der Waals surface area (Å²) in [7, 11) is 4.52. The van der Waals surface area contributed by atoms with Gasteiger partial charge in [0.05, 0.1) is 23.7 Å². The van der Waals surface area contributed by atoms with Gasteiger partial charge in [-0.25, -0.2) is 0 Å². The van der Waals surface area contributed by atoms with Crippen molar-refractivity contribution in [1.82, 2.24) is 5.32 Å². The van der Waals surface area contributed by atoms with Crippen LogP contribution in [0.4, 0.5) is 5.69 Å². The lowest BCUT2D eigenvalue weighted by Crippen LogP contribution is -2.46. The molecule has 2 rings (SSSR count). The average molecular weight is 322 g/mol. The van der Waals surface area contributed by atoms with E-state index in [1.54, 1.807) is 6.08 Å². The van der Waals surface area contributed by atoms with Crippen molar-refractivity contribution < 1.29 is 23.9 Å². The highest BCUT2D eigenvalue weighted by Crippen LogP contribution is 2.38. The van der Waals surface area contributed by atoms with Gasteiger partial charge in [0.15, 0.2) is 5.60 Å². The molecule has 1 aromatic rings. The Morgan fingerprint density at radius 2 is 2.00 bits per heavy atom. The molecule has 0 fully saturated rings. The van der Waals surface area contributed by atoms with Gasteiger partial charge in [-0.2, -0.15) is 0 Å². The molecule has 23 heavy (non-hydrogen) atoms. The topological polar surface area (TPSA) is 99.9 Å². The van der Waals surface area contributed by atoms with Crippen molar-refractivity contribution in [2.24, 2.45) is 0 Å². The predicted molar refractivity (Wildman–Crippen MR) is 82.3 cm³/mol. The molecule has 0 aliphatic carbocycles. The van der Waals surface area contributed by atoms with Crippen molar-refractivity contribution in [3.63, 3.8) is 0 Å². The molecular formula is C15H18N2O6. The smallest absolute Gasteiger partial charge is 0.270 e. The summed E-state index contributed by atoms with van der Waals surface area (Å²) in [5.74, 6) is -0.00238. The summed E-state index contributed by atoms with van der Waals surface area (Å²) in [6, 6.07) is 4.12. The SMILES string of the molecule is CNC(=O)C1=CC(COC)(COC)Oc2ccc([N+](=O)[O-])cc21. The van der Waals surface area contributed by atoms with Crippen LogP contribution in [-0.2, 0) is 14.3 Å². The number of rotatable bonds is 6. The normalized spacial score (nSPS) is 15.2. The number of benzene rings is 1. The third kappa shape index (κ3) is 3.33. The molecule has 1 amide bonds. The van der Waals surface area contributed by atoms with Crippen LogP contribution in [0.3, 0.4) is 0 Å². The Hall–Kier alpha value is -2.45. The number of hydrogen-bond donors (Lipinski definition) is 1. The van der Waals surface area contributed by atoms with Gasteiger partial charge in [-0.15, -0.1) is 0 Å². The van der Waals surface area contributed by atoms with Crippen molar-refractivity contribution in [3.05, 3.63) is 40.0 Å². The Balaban J connectivity index is 2.59. The lowest BCUT2D eigenvalue weighted by Gasteiger charge is -2.35. The number of amides is 1.